The molecule has 3 aromatic carbocycles. The Bertz CT molecular complexity index is 1570. The maximum absolute atomic E-state index is 13.9. The molecule has 0 unspecified atom stereocenters. The summed E-state index contributed by atoms with van der Waals surface area (Å²) in [6, 6.07) is 20.6. The Morgan fingerprint density at radius 2 is 1.57 bits per heavy atom. The third-order valence-electron chi connectivity index (χ3n) is 8.29. The van der Waals surface area contributed by atoms with Gasteiger partial charge in [-0.25, -0.2) is 8.42 Å². The van der Waals surface area contributed by atoms with Crippen molar-refractivity contribution in [1.82, 2.24) is 19.8 Å². The number of aliphatic hydroxyl groups is 1. The number of ether oxygens (including phenoxy) is 1. The highest BCUT2D eigenvalue weighted by molar-refractivity contribution is 7.89. The molecule has 0 aliphatic carbocycles. The van der Waals surface area contributed by atoms with E-state index in [9.17, 15) is 23.1 Å². The third kappa shape index (κ3) is 9.87. The molecule has 254 valence electrons. The van der Waals surface area contributed by atoms with Crippen LogP contribution in [-0.2, 0) is 23.0 Å². The Morgan fingerprint density at radius 1 is 0.915 bits per heavy atom. The van der Waals surface area contributed by atoms with Gasteiger partial charge in [0, 0.05) is 50.4 Å². The largest absolute Gasteiger partial charge is 0.497 e. The van der Waals surface area contributed by atoms with Gasteiger partial charge in [0.05, 0.1) is 24.2 Å². The minimum absolute atomic E-state index is 0.0520. The number of methoxy groups -OCH3 is 1. The highest BCUT2D eigenvalue weighted by Crippen LogP contribution is 2.24. The molecule has 0 saturated carbocycles. The number of carbonyl (C=O) groups is 2. The van der Waals surface area contributed by atoms with Gasteiger partial charge in [-0.2, -0.15) is 4.31 Å². The van der Waals surface area contributed by atoms with Crippen LogP contribution in [0.3, 0.4) is 0 Å². The summed E-state index contributed by atoms with van der Waals surface area (Å²) in [6.07, 6.45) is 2.37. The molecule has 1 fully saturated rings. The van der Waals surface area contributed by atoms with Gasteiger partial charge < -0.3 is 25.4 Å². The van der Waals surface area contributed by atoms with Crippen LogP contribution in [0.2, 0.25) is 0 Å². The van der Waals surface area contributed by atoms with Crippen LogP contribution in [0.1, 0.15) is 71.4 Å². The first-order chi connectivity index (χ1) is 22.7. The van der Waals surface area contributed by atoms with Crippen LogP contribution < -0.4 is 15.4 Å². The van der Waals surface area contributed by atoms with Gasteiger partial charge >= 0.3 is 0 Å². The van der Waals surface area contributed by atoms with Crippen LogP contribution in [-0.4, -0.2) is 86.5 Å². The van der Waals surface area contributed by atoms with E-state index in [4.69, 9.17) is 4.74 Å². The van der Waals surface area contributed by atoms with Gasteiger partial charge in [0.15, 0.2) is 0 Å². The summed E-state index contributed by atoms with van der Waals surface area (Å²) in [4.78, 5) is 29.2. The molecule has 47 heavy (non-hydrogen) atoms. The van der Waals surface area contributed by atoms with Gasteiger partial charge in [0.1, 0.15) is 5.75 Å². The zero-order valence-corrected chi connectivity index (χ0v) is 28.5. The zero-order chi connectivity index (χ0) is 33.8. The van der Waals surface area contributed by atoms with Crippen molar-refractivity contribution >= 4 is 21.8 Å². The number of aliphatic hydroxyl groups excluding tert-OH is 1. The monoisotopic (exact) mass is 664 g/mol. The fourth-order valence-corrected chi connectivity index (χ4v) is 7.40. The van der Waals surface area contributed by atoms with Crippen molar-refractivity contribution in [3.63, 3.8) is 0 Å². The Kier molecular flexibility index (Phi) is 13.4. The Labute approximate surface area is 279 Å². The first kappa shape index (κ1) is 36.1. The number of carbonyl (C=O) groups excluding carboxylic acids is 2. The molecule has 1 saturated heterocycles. The zero-order valence-electron chi connectivity index (χ0n) is 27.7. The fourth-order valence-electron chi connectivity index (χ4n) is 5.81. The number of amides is 2. The molecule has 3 N–H and O–H groups in total. The number of nitrogens with zero attached hydrogens (tertiary/aromatic N) is 2. The second-order valence-electron chi connectivity index (χ2n) is 12.0. The minimum atomic E-state index is -3.92. The summed E-state index contributed by atoms with van der Waals surface area (Å²) in [5, 5.41) is 17.6. The topological polar surface area (TPSA) is 128 Å². The number of hydrogen-bond acceptors (Lipinski definition) is 7. The van der Waals surface area contributed by atoms with Crippen molar-refractivity contribution in [1.29, 1.82) is 0 Å². The van der Waals surface area contributed by atoms with Crippen molar-refractivity contribution in [2.75, 3.05) is 39.8 Å². The smallest absolute Gasteiger partial charge is 0.253 e. The van der Waals surface area contributed by atoms with Crippen LogP contribution in [0, 0.1) is 0 Å². The average molecular weight is 665 g/mol. The van der Waals surface area contributed by atoms with E-state index in [1.807, 2.05) is 68.4 Å². The lowest BCUT2D eigenvalue weighted by Gasteiger charge is -2.26. The normalized spacial score (nSPS) is 14.8. The van der Waals surface area contributed by atoms with Crippen LogP contribution in [0.25, 0.3) is 0 Å². The molecule has 3 aromatic rings. The number of sulfonamides is 1. The molecule has 1 heterocycles. The molecule has 0 bridgehead atoms. The fraction of sp³-hybridized carbons (Fsp3) is 0.444. The van der Waals surface area contributed by atoms with Crippen LogP contribution in [0.4, 0.5) is 0 Å². The molecular weight excluding hydrogens is 616 g/mol. The maximum Gasteiger partial charge on any atom is 0.253 e. The average Bonchev–Trinajstić information content (AvgIpc) is 3.64. The molecule has 0 spiro atoms. The van der Waals surface area contributed by atoms with E-state index in [2.05, 4.69) is 10.6 Å². The molecule has 4 rings (SSSR count). The van der Waals surface area contributed by atoms with Crippen LogP contribution in [0.5, 0.6) is 5.75 Å². The van der Waals surface area contributed by atoms with Crippen molar-refractivity contribution in [2.24, 2.45) is 0 Å². The predicted octanol–water partition coefficient (Wildman–Crippen LogP) is 4.23. The van der Waals surface area contributed by atoms with E-state index in [-0.39, 0.29) is 28.5 Å². The van der Waals surface area contributed by atoms with Gasteiger partial charge in [-0.1, -0.05) is 56.3 Å². The molecular formula is C36H48N4O6S. The summed E-state index contributed by atoms with van der Waals surface area (Å²) in [5.74, 6) is -0.148. The molecule has 2 atom stereocenters. The van der Waals surface area contributed by atoms with E-state index in [0.29, 0.717) is 39.1 Å². The summed E-state index contributed by atoms with van der Waals surface area (Å²) < 4.78 is 34.0. The quantitative estimate of drug-likeness (QED) is 0.197. The van der Waals surface area contributed by atoms with E-state index in [1.54, 1.807) is 12.0 Å². The summed E-state index contributed by atoms with van der Waals surface area (Å²) in [7, 11) is -2.32. The second-order valence-corrected chi connectivity index (χ2v) is 13.9. The third-order valence-corrected chi connectivity index (χ3v) is 10.2. The van der Waals surface area contributed by atoms with Gasteiger partial charge in [0.2, 0.25) is 10.0 Å². The number of rotatable bonds is 17. The van der Waals surface area contributed by atoms with E-state index in [1.165, 1.54) is 22.5 Å². The summed E-state index contributed by atoms with van der Waals surface area (Å²) in [6.45, 7) is 6.46. The van der Waals surface area contributed by atoms with E-state index < -0.39 is 28.1 Å². The molecule has 1 aliphatic heterocycles. The van der Waals surface area contributed by atoms with Crippen LogP contribution >= 0.6 is 0 Å². The maximum atomic E-state index is 13.9. The molecule has 1 aliphatic rings. The first-order valence-electron chi connectivity index (χ1n) is 16.5. The van der Waals surface area contributed by atoms with E-state index >= 15 is 0 Å². The van der Waals surface area contributed by atoms with Crippen molar-refractivity contribution in [3.05, 3.63) is 95.1 Å². The lowest BCUT2D eigenvalue weighted by Crippen LogP contribution is -2.48. The Hall–Kier alpha value is -3.77. The molecule has 11 heteroatoms. The molecule has 0 aromatic heterocycles. The number of hydrogen-bond donors (Lipinski definition) is 3. The Morgan fingerprint density at radius 3 is 2.23 bits per heavy atom. The predicted molar refractivity (Wildman–Crippen MR) is 183 cm³/mol. The highest BCUT2D eigenvalue weighted by Gasteiger charge is 2.30. The Balaban J connectivity index is 1.62. The lowest BCUT2D eigenvalue weighted by molar-refractivity contribution is 0.0755. The van der Waals surface area contributed by atoms with Crippen molar-refractivity contribution < 1.29 is 27.9 Å². The minimum Gasteiger partial charge on any atom is -0.497 e. The van der Waals surface area contributed by atoms with Crippen molar-refractivity contribution in [3.8, 4) is 5.75 Å². The van der Waals surface area contributed by atoms with Gasteiger partial charge in [-0.15, -0.1) is 0 Å². The molecule has 0 radical (unpaired) electrons. The van der Waals surface area contributed by atoms with Gasteiger partial charge in [0.25, 0.3) is 11.8 Å². The van der Waals surface area contributed by atoms with E-state index in [0.717, 1.165) is 42.6 Å². The van der Waals surface area contributed by atoms with Gasteiger partial charge in [-0.05, 0) is 73.6 Å². The number of benzene rings is 3. The standard InChI is InChI=1S/C36H48N4O6S/c1-4-16-39(17-5-2)36(43)30-22-29(23-32(24-30)47(44,45)40-18-9-10-19-40)35(42)38-33(21-27-12-7-6-8-13-27)34(41)26-37-25-28-14-11-15-31(20-28)46-3/h6-8,11-15,20,22-24,33-34,37,41H,4-5,9-10,16-19,21,25-26H2,1-3H3,(H,38,42)/t33-,34+/m0/s1. The van der Waals surface area contributed by atoms with Crippen molar-refractivity contribution in [2.45, 2.75) is 69.5 Å². The molecule has 10 nitrogen and oxygen atoms in total. The SMILES string of the molecule is CCCN(CCC)C(=O)c1cc(C(=O)N[C@@H](Cc2ccccc2)[C@H](O)CNCc2cccc(OC)c2)cc(S(=O)(=O)N2CCCC2)c1. The number of nitrogens with one attached hydrogen (secondary N) is 2. The lowest BCUT2D eigenvalue weighted by atomic mass is 10.00. The summed E-state index contributed by atoms with van der Waals surface area (Å²) >= 11 is 0. The first-order valence-corrected chi connectivity index (χ1v) is 17.9. The van der Waals surface area contributed by atoms with Crippen LogP contribution in [0.15, 0.2) is 77.7 Å². The molecule has 2 amide bonds. The second kappa shape index (κ2) is 17.4. The highest BCUT2D eigenvalue weighted by atomic mass is 32.2. The van der Waals surface area contributed by atoms with Gasteiger partial charge in [-0.3, -0.25) is 9.59 Å². The summed E-state index contributed by atoms with van der Waals surface area (Å²) in [5.41, 5.74) is 2.10.